The lowest BCUT2D eigenvalue weighted by atomic mass is 9.95. The molecule has 2 aliphatic heterocycles. The van der Waals surface area contributed by atoms with E-state index in [4.69, 9.17) is 10.5 Å². The van der Waals surface area contributed by atoms with Crippen LogP contribution >= 0.6 is 12.4 Å². The van der Waals surface area contributed by atoms with Crippen LogP contribution in [0.5, 0.6) is 5.75 Å². The number of ether oxygens (including phenoxy) is 1. The third-order valence-electron chi connectivity index (χ3n) is 5.08. The lowest BCUT2D eigenvalue weighted by molar-refractivity contribution is -0.142. The summed E-state index contributed by atoms with van der Waals surface area (Å²) in [7, 11) is 0. The molecule has 2 fully saturated rings. The third-order valence-corrected chi connectivity index (χ3v) is 5.08. The van der Waals surface area contributed by atoms with Crippen molar-refractivity contribution in [2.24, 2.45) is 11.7 Å². The van der Waals surface area contributed by atoms with Gasteiger partial charge in [0.15, 0.2) is 6.61 Å². The Kier molecular flexibility index (Phi) is 7.72. The number of carbonyl (C=O) groups excluding carboxylic acids is 2. The highest BCUT2D eigenvalue weighted by Gasteiger charge is 2.32. The first-order valence-electron chi connectivity index (χ1n) is 9.13. The molecule has 0 radical (unpaired) electrons. The van der Waals surface area contributed by atoms with E-state index >= 15 is 0 Å². The fraction of sp³-hybridized carbons (Fsp3) is 0.579. The van der Waals surface area contributed by atoms with Crippen molar-refractivity contribution in [3.63, 3.8) is 0 Å². The smallest absolute Gasteiger partial charge is 0.260 e. The van der Waals surface area contributed by atoms with E-state index in [-0.39, 0.29) is 42.8 Å². The Morgan fingerprint density at radius 3 is 2.42 bits per heavy atom. The molecule has 26 heavy (non-hydrogen) atoms. The number of nitrogens with two attached hydrogens (primary N) is 1. The highest BCUT2D eigenvalue weighted by molar-refractivity contribution is 5.85. The number of halogens is 1. The largest absolute Gasteiger partial charge is 0.484 e. The van der Waals surface area contributed by atoms with Crippen LogP contribution in [0.15, 0.2) is 30.3 Å². The van der Waals surface area contributed by atoms with Crippen LogP contribution in [0, 0.1) is 5.92 Å². The minimum absolute atomic E-state index is 0. The summed E-state index contributed by atoms with van der Waals surface area (Å²) in [4.78, 5) is 28.8. The number of likely N-dealkylation sites (tertiary alicyclic amines) is 2. The fourth-order valence-corrected chi connectivity index (χ4v) is 3.54. The molecule has 144 valence electrons. The Morgan fingerprint density at radius 1 is 1.04 bits per heavy atom. The standard InChI is InChI=1S/C19H27N3O3.ClH/c20-16-8-11-21(12-9-16)19(24)15-5-4-10-22(13-15)18(23)14-25-17-6-2-1-3-7-17;/h1-3,6-7,15-16H,4-5,8-14,20H2;1H. The molecule has 1 aromatic rings. The molecule has 0 saturated carbocycles. The van der Waals surface area contributed by atoms with Crippen LogP contribution in [-0.4, -0.2) is 60.4 Å². The minimum atomic E-state index is -0.0938. The van der Waals surface area contributed by atoms with Gasteiger partial charge in [0.05, 0.1) is 5.92 Å². The first-order valence-corrected chi connectivity index (χ1v) is 9.13. The Bertz CT molecular complexity index is 591. The van der Waals surface area contributed by atoms with Crippen molar-refractivity contribution in [2.75, 3.05) is 32.8 Å². The van der Waals surface area contributed by atoms with Gasteiger partial charge >= 0.3 is 0 Å². The number of nitrogens with zero attached hydrogens (tertiary/aromatic N) is 2. The van der Waals surface area contributed by atoms with Gasteiger partial charge in [-0.25, -0.2) is 0 Å². The Hall–Kier alpha value is -1.79. The number of benzene rings is 1. The lowest BCUT2D eigenvalue weighted by Gasteiger charge is -2.37. The number of piperidine rings is 2. The predicted molar refractivity (Wildman–Crippen MR) is 102 cm³/mol. The van der Waals surface area contributed by atoms with Crippen LogP contribution in [0.2, 0.25) is 0 Å². The van der Waals surface area contributed by atoms with Crippen molar-refractivity contribution in [1.29, 1.82) is 0 Å². The summed E-state index contributed by atoms with van der Waals surface area (Å²) < 4.78 is 5.54. The van der Waals surface area contributed by atoms with Gasteiger partial charge in [-0.1, -0.05) is 18.2 Å². The molecule has 2 heterocycles. The van der Waals surface area contributed by atoms with Crippen molar-refractivity contribution >= 4 is 24.2 Å². The summed E-state index contributed by atoms with van der Waals surface area (Å²) in [5.74, 6) is 0.712. The molecule has 0 spiro atoms. The molecule has 2 N–H and O–H groups in total. The Morgan fingerprint density at radius 2 is 1.73 bits per heavy atom. The summed E-state index contributed by atoms with van der Waals surface area (Å²) in [5, 5.41) is 0. The minimum Gasteiger partial charge on any atom is -0.484 e. The number of hydrogen-bond acceptors (Lipinski definition) is 4. The number of amides is 2. The average molecular weight is 382 g/mol. The van der Waals surface area contributed by atoms with E-state index in [1.165, 1.54) is 0 Å². The van der Waals surface area contributed by atoms with Gasteiger partial charge in [0.25, 0.3) is 5.91 Å². The molecular weight excluding hydrogens is 354 g/mol. The molecule has 2 amide bonds. The zero-order chi connectivity index (χ0) is 17.6. The molecule has 1 atom stereocenters. The summed E-state index contributed by atoms with van der Waals surface area (Å²) in [5.41, 5.74) is 5.91. The first kappa shape index (κ1) is 20.5. The molecule has 1 unspecified atom stereocenters. The van der Waals surface area contributed by atoms with Crippen LogP contribution in [0.1, 0.15) is 25.7 Å². The van der Waals surface area contributed by atoms with E-state index in [0.29, 0.717) is 18.8 Å². The van der Waals surface area contributed by atoms with Crippen LogP contribution in [-0.2, 0) is 9.59 Å². The van der Waals surface area contributed by atoms with Crippen LogP contribution < -0.4 is 10.5 Å². The monoisotopic (exact) mass is 381 g/mol. The van der Waals surface area contributed by atoms with Crippen LogP contribution in [0.4, 0.5) is 0 Å². The normalized spacial score (nSPS) is 21.0. The zero-order valence-corrected chi connectivity index (χ0v) is 15.8. The highest BCUT2D eigenvalue weighted by atomic mass is 35.5. The summed E-state index contributed by atoms with van der Waals surface area (Å²) in [6, 6.07) is 9.53. The van der Waals surface area contributed by atoms with Gasteiger partial charge in [-0.15, -0.1) is 12.4 Å². The molecule has 2 aliphatic rings. The van der Waals surface area contributed by atoms with Crippen LogP contribution in [0.25, 0.3) is 0 Å². The van der Waals surface area contributed by atoms with Crippen molar-refractivity contribution in [1.82, 2.24) is 9.80 Å². The maximum absolute atomic E-state index is 12.7. The predicted octanol–water partition coefficient (Wildman–Crippen LogP) is 1.68. The topological polar surface area (TPSA) is 75.9 Å². The maximum atomic E-state index is 12.7. The van der Waals surface area contributed by atoms with Gasteiger partial charge in [0.2, 0.25) is 5.91 Å². The second-order valence-electron chi connectivity index (χ2n) is 6.94. The van der Waals surface area contributed by atoms with Gasteiger partial charge < -0.3 is 20.3 Å². The second kappa shape index (κ2) is 9.78. The average Bonchev–Trinajstić information content (AvgIpc) is 2.67. The van der Waals surface area contributed by atoms with E-state index in [1.807, 2.05) is 35.2 Å². The van der Waals surface area contributed by atoms with Gasteiger partial charge in [0, 0.05) is 32.2 Å². The molecule has 7 heteroatoms. The van der Waals surface area contributed by atoms with Gasteiger partial charge in [-0.2, -0.15) is 0 Å². The maximum Gasteiger partial charge on any atom is 0.260 e. The van der Waals surface area contributed by atoms with Gasteiger partial charge in [-0.05, 0) is 37.8 Å². The van der Waals surface area contributed by atoms with E-state index in [9.17, 15) is 9.59 Å². The number of para-hydroxylation sites is 1. The number of hydrogen-bond donors (Lipinski definition) is 1. The van der Waals surface area contributed by atoms with Crippen LogP contribution in [0.3, 0.4) is 0 Å². The van der Waals surface area contributed by atoms with E-state index < -0.39 is 0 Å². The highest BCUT2D eigenvalue weighted by Crippen LogP contribution is 2.21. The van der Waals surface area contributed by atoms with Crippen molar-refractivity contribution < 1.29 is 14.3 Å². The zero-order valence-electron chi connectivity index (χ0n) is 15.0. The molecule has 1 aromatic carbocycles. The van der Waals surface area contributed by atoms with Gasteiger partial charge in [-0.3, -0.25) is 9.59 Å². The summed E-state index contributed by atoms with van der Waals surface area (Å²) >= 11 is 0. The number of rotatable bonds is 4. The molecule has 0 bridgehead atoms. The van der Waals surface area contributed by atoms with Crippen molar-refractivity contribution in [2.45, 2.75) is 31.7 Å². The quantitative estimate of drug-likeness (QED) is 0.860. The van der Waals surface area contributed by atoms with E-state index in [2.05, 4.69) is 0 Å². The molecule has 0 aromatic heterocycles. The molecular formula is C19H28ClN3O3. The Balaban J connectivity index is 0.00000243. The van der Waals surface area contributed by atoms with E-state index in [1.54, 1.807) is 4.90 Å². The molecule has 6 nitrogen and oxygen atoms in total. The Labute approximate surface area is 161 Å². The molecule has 3 rings (SSSR count). The molecule has 0 aliphatic carbocycles. The summed E-state index contributed by atoms with van der Waals surface area (Å²) in [6.07, 6.45) is 3.45. The number of carbonyl (C=O) groups is 2. The van der Waals surface area contributed by atoms with Gasteiger partial charge in [0.1, 0.15) is 5.75 Å². The van der Waals surface area contributed by atoms with Crippen molar-refractivity contribution in [3.8, 4) is 5.75 Å². The SMILES string of the molecule is Cl.NC1CCN(C(=O)C2CCCN(C(=O)COc3ccccc3)C2)CC1. The third kappa shape index (κ3) is 5.35. The first-order chi connectivity index (χ1) is 12.1. The second-order valence-corrected chi connectivity index (χ2v) is 6.94. The van der Waals surface area contributed by atoms with E-state index in [0.717, 1.165) is 38.8 Å². The summed E-state index contributed by atoms with van der Waals surface area (Å²) in [6.45, 7) is 2.69. The molecule has 2 saturated heterocycles. The fourth-order valence-electron chi connectivity index (χ4n) is 3.54. The lowest BCUT2D eigenvalue weighted by Crippen LogP contribution is -2.50. The van der Waals surface area contributed by atoms with Crippen molar-refractivity contribution in [3.05, 3.63) is 30.3 Å².